The maximum absolute atomic E-state index is 12.6. The molecule has 0 saturated carbocycles. The number of aliphatic carboxylic acids is 1. The molecule has 1 aliphatic heterocycles. The van der Waals surface area contributed by atoms with E-state index in [1.165, 1.54) is 18.2 Å². The molecular formula is C25H22N4O5. The number of carboxylic acids is 1. The van der Waals surface area contributed by atoms with Crippen molar-refractivity contribution < 1.29 is 19.6 Å². The highest BCUT2D eigenvalue weighted by Crippen LogP contribution is 2.34. The van der Waals surface area contributed by atoms with E-state index in [9.17, 15) is 24.8 Å². The molecule has 3 atom stereocenters. The summed E-state index contributed by atoms with van der Waals surface area (Å²) in [5.41, 5.74) is 4.06. The number of carboxylic acid groups (broad SMARTS) is 1. The number of nitro benzene ring substituents is 1. The molecule has 0 unspecified atom stereocenters. The molecule has 0 bridgehead atoms. The van der Waals surface area contributed by atoms with Gasteiger partial charge in [-0.15, -0.1) is 0 Å². The molecule has 34 heavy (non-hydrogen) atoms. The van der Waals surface area contributed by atoms with Crippen LogP contribution in [0.1, 0.15) is 22.3 Å². The lowest BCUT2D eigenvalue weighted by Gasteiger charge is -2.23. The van der Waals surface area contributed by atoms with Crippen LogP contribution in [0, 0.1) is 22.0 Å². The second-order valence-corrected chi connectivity index (χ2v) is 7.90. The molecule has 0 radical (unpaired) electrons. The average Bonchev–Trinajstić information content (AvgIpc) is 3.28. The van der Waals surface area contributed by atoms with E-state index in [-0.39, 0.29) is 29.6 Å². The molecule has 1 amide bonds. The Kier molecular flexibility index (Phi) is 6.63. The largest absolute Gasteiger partial charge is 0.481 e. The molecule has 9 nitrogen and oxygen atoms in total. The van der Waals surface area contributed by atoms with Gasteiger partial charge in [0.05, 0.1) is 22.6 Å². The predicted molar refractivity (Wildman–Crippen MR) is 126 cm³/mol. The van der Waals surface area contributed by atoms with Gasteiger partial charge in [0.1, 0.15) is 0 Å². The maximum atomic E-state index is 12.6. The summed E-state index contributed by atoms with van der Waals surface area (Å²) < 4.78 is 0. The number of nitro groups is 1. The first kappa shape index (κ1) is 22.7. The zero-order valence-electron chi connectivity index (χ0n) is 18.0. The molecule has 4 rings (SSSR count). The Bertz CT molecular complexity index is 1230. The minimum atomic E-state index is -0.995. The molecule has 2 aromatic rings. The predicted octanol–water partition coefficient (Wildman–Crippen LogP) is 3.42. The number of hydrazone groups is 1. The zero-order valence-corrected chi connectivity index (χ0v) is 18.0. The summed E-state index contributed by atoms with van der Waals surface area (Å²) in [6.07, 6.45) is 9.56. The number of nitrogens with zero attached hydrogens (tertiary/aromatic N) is 2. The van der Waals surface area contributed by atoms with Crippen molar-refractivity contribution >= 4 is 23.3 Å². The van der Waals surface area contributed by atoms with E-state index >= 15 is 0 Å². The monoisotopic (exact) mass is 458 g/mol. The number of non-ortho nitro benzene ring substituents is 1. The number of hydrogen-bond donors (Lipinski definition) is 3. The third-order valence-electron chi connectivity index (χ3n) is 5.78. The van der Waals surface area contributed by atoms with Gasteiger partial charge >= 0.3 is 5.97 Å². The third-order valence-corrected chi connectivity index (χ3v) is 5.78. The normalized spacial score (nSPS) is 19.5. The van der Waals surface area contributed by atoms with Crippen molar-refractivity contribution in [3.8, 4) is 0 Å². The second-order valence-electron chi connectivity index (χ2n) is 7.90. The number of rotatable bonds is 8. The summed E-state index contributed by atoms with van der Waals surface area (Å²) in [5, 5.41) is 28.5. The van der Waals surface area contributed by atoms with Crippen molar-refractivity contribution in [1.82, 2.24) is 10.7 Å². The van der Waals surface area contributed by atoms with E-state index in [1.54, 1.807) is 30.5 Å². The summed E-state index contributed by atoms with van der Waals surface area (Å²) in [7, 11) is 0. The topological polar surface area (TPSA) is 134 Å². The van der Waals surface area contributed by atoms with Gasteiger partial charge in [-0.3, -0.25) is 19.7 Å². The molecule has 2 aromatic carbocycles. The standard InChI is InChI=1S/C25H22N4O5/c30-24(17-9-6-10-18(13-17)29(33)34)28-27-23(16-7-2-1-3-8-16)14-20(25(31)32)21-15-26-22-12-5-4-11-19(21)22/h1-13,15,19-20,22,26H,14H2,(H,28,30)(H,31,32)/b27-23+/t19-,20-,22+/m0/s1. The molecule has 172 valence electrons. The van der Waals surface area contributed by atoms with Gasteiger partial charge in [0.25, 0.3) is 11.6 Å². The Labute approximate surface area is 195 Å². The number of benzene rings is 2. The SMILES string of the molecule is O=C(N/N=C(\C[C@H](C(=O)O)C1=CN[C@@H]2C=CC=C[C@@H]12)c1ccccc1)c1cccc([N+](=O)[O-])c1. The van der Waals surface area contributed by atoms with E-state index in [0.717, 1.165) is 11.6 Å². The lowest BCUT2D eigenvalue weighted by molar-refractivity contribution is -0.384. The molecule has 0 fully saturated rings. The van der Waals surface area contributed by atoms with Crippen LogP contribution < -0.4 is 10.7 Å². The van der Waals surface area contributed by atoms with Gasteiger partial charge in [-0.2, -0.15) is 5.10 Å². The summed E-state index contributed by atoms with van der Waals surface area (Å²) >= 11 is 0. The van der Waals surface area contributed by atoms with Crippen molar-refractivity contribution in [2.45, 2.75) is 12.5 Å². The Hall–Kier alpha value is -4.53. The summed E-state index contributed by atoms with van der Waals surface area (Å²) in [6, 6.07) is 14.3. The van der Waals surface area contributed by atoms with Gasteiger partial charge in [-0.25, -0.2) is 5.43 Å². The maximum Gasteiger partial charge on any atom is 0.311 e. The number of hydrogen-bond acceptors (Lipinski definition) is 6. The fourth-order valence-corrected chi connectivity index (χ4v) is 4.05. The van der Waals surface area contributed by atoms with Gasteiger partial charge in [0, 0.05) is 30.0 Å². The van der Waals surface area contributed by atoms with Crippen LogP contribution in [-0.2, 0) is 4.79 Å². The van der Waals surface area contributed by atoms with Crippen LogP contribution in [0.25, 0.3) is 0 Å². The molecule has 0 aromatic heterocycles. The summed E-state index contributed by atoms with van der Waals surface area (Å²) in [6.45, 7) is 0. The van der Waals surface area contributed by atoms with E-state index in [1.807, 2.05) is 30.4 Å². The van der Waals surface area contributed by atoms with E-state index in [4.69, 9.17) is 0 Å². The van der Waals surface area contributed by atoms with Crippen molar-refractivity contribution in [3.05, 3.63) is 112 Å². The van der Waals surface area contributed by atoms with Gasteiger partial charge in [0.15, 0.2) is 0 Å². The molecular weight excluding hydrogens is 436 g/mol. The number of fused-ring (bicyclic) bond motifs is 1. The van der Waals surface area contributed by atoms with Crippen LogP contribution >= 0.6 is 0 Å². The molecule has 2 aliphatic rings. The minimum absolute atomic E-state index is 0.00698. The van der Waals surface area contributed by atoms with Crippen molar-refractivity contribution in [2.75, 3.05) is 0 Å². The quantitative estimate of drug-likeness (QED) is 0.315. The molecule has 9 heteroatoms. The van der Waals surface area contributed by atoms with Crippen LogP contribution in [-0.4, -0.2) is 33.7 Å². The lowest BCUT2D eigenvalue weighted by Crippen LogP contribution is -2.29. The van der Waals surface area contributed by atoms with E-state index < -0.39 is 22.7 Å². The number of allylic oxidation sites excluding steroid dienone is 2. The van der Waals surface area contributed by atoms with Crippen molar-refractivity contribution in [1.29, 1.82) is 0 Å². The van der Waals surface area contributed by atoms with Crippen LogP contribution in [0.5, 0.6) is 0 Å². The number of nitrogens with one attached hydrogen (secondary N) is 2. The van der Waals surface area contributed by atoms with Gasteiger partial charge in [0.2, 0.25) is 0 Å². The second kappa shape index (κ2) is 9.95. The highest BCUT2D eigenvalue weighted by atomic mass is 16.6. The third kappa shape index (κ3) is 4.93. The van der Waals surface area contributed by atoms with Crippen LogP contribution in [0.3, 0.4) is 0 Å². The van der Waals surface area contributed by atoms with E-state index in [0.29, 0.717) is 11.3 Å². The summed E-state index contributed by atoms with van der Waals surface area (Å²) in [4.78, 5) is 35.3. The molecule has 1 heterocycles. The van der Waals surface area contributed by atoms with Gasteiger partial charge in [-0.05, 0) is 23.4 Å². The highest BCUT2D eigenvalue weighted by molar-refractivity contribution is 6.04. The average molecular weight is 458 g/mol. The number of carbonyl (C=O) groups excluding carboxylic acids is 1. The van der Waals surface area contributed by atoms with Crippen molar-refractivity contribution in [3.63, 3.8) is 0 Å². The zero-order chi connectivity index (χ0) is 24.1. The lowest BCUT2D eigenvalue weighted by atomic mass is 9.81. The first-order valence-electron chi connectivity index (χ1n) is 10.6. The van der Waals surface area contributed by atoms with E-state index in [2.05, 4.69) is 15.8 Å². The number of amides is 1. The van der Waals surface area contributed by atoms with Crippen molar-refractivity contribution in [2.24, 2.45) is 16.9 Å². The van der Waals surface area contributed by atoms with Crippen LogP contribution in [0.4, 0.5) is 5.69 Å². The van der Waals surface area contributed by atoms with Gasteiger partial charge < -0.3 is 10.4 Å². The Balaban J connectivity index is 1.60. The smallest absolute Gasteiger partial charge is 0.311 e. The Morgan fingerprint density at radius 1 is 1.09 bits per heavy atom. The first-order valence-corrected chi connectivity index (χ1v) is 10.6. The van der Waals surface area contributed by atoms with Gasteiger partial charge in [-0.1, -0.05) is 60.7 Å². The minimum Gasteiger partial charge on any atom is -0.481 e. The fourth-order valence-electron chi connectivity index (χ4n) is 4.05. The fraction of sp³-hybridized carbons (Fsp3) is 0.160. The first-order chi connectivity index (χ1) is 16.4. The Morgan fingerprint density at radius 3 is 2.56 bits per heavy atom. The molecule has 0 saturated heterocycles. The van der Waals surface area contributed by atoms with Crippen LogP contribution in [0.15, 0.2) is 95.8 Å². The molecule has 3 N–H and O–H groups in total. The molecule has 1 aliphatic carbocycles. The Morgan fingerprint density at radius 2 is 1.82 bits per heavy atom. The molecule has 0 spiro atoms. The highest BCUT2D eigenvalue weighted by Gasteiger charge is 2.36. The summed E-state index contributed by atoms with van der Waals surface area (Å²) in [5.74, 6) is -2.58. The number of carbonyl (C=O) groups is 2. The van der Waals surface area contributed by atoms with Crippen LogP contribution in [0.2, 0.25) is 0 Å².